The van der Waals surface area contributed by atoms with Gasteiger partial charge in [-0.15, -0.1) is 0 Å². The van der Waals surface area contributed by atoms with E-state index in [4.69, 9.17) is 5.11 Å². The van der Waals surface area contributed by atoms with Crippen molar-refractivity contribution in [1.29, 1.82) is 0 Å². The van der Waals surface area contributed by atoms with Gasteiger partial charge in [-0.05, 0) is 19.3 Å². The molecule has 0 aromatic rings. The quantitative estimate of drug-likeness (QED) is 0.750. The fourth-order valence-corrected chi connectivity index (χ4v) is 2.13. The number of carboxylic acids is 1. The van der Waals surface area contributed by atoms with Gasteiger partial charge in [-0.2, -0.15) is 0 Å². The van der Waals surface area contributed by atoms with Crippen LogP contribution < -0.4 is 5.32 Å². The van der Waals surface area contributed by atoms with Gasteiger partial charge in [0.05, 0.1) is 7.11 Å². The molecule has 0 bridgehead atoms. The number of amides is 2. The molecule has 0 unspecified atom stereocenters. The van der Waals surface area contributed by atoms with Crippen LogP contribution in [0.5, 0.6) is 0 Å². The summed E-state index contributed by atoms with van der Waals surface area (Å²) in [6.45, 7) is 1.57. The number of likely N-dealkylation sites (tertiary alicyclic amines) is 1. The summed E-state index contributed by atoms with van der Waals surface area (Å²) < 4.78 is 4.43. The molecule has 0 saturated carbocycles. The number of carboxylic acid groups (broad SMARTS) is 1. The van der Waals surface area contributed by atoms with Gasteiger partial charge in [-0.25, -0.2) is 4.79 Å². The lowest BCUT2D eigenvalue weighted by Gasteiger charge is -2.37. The Morgan fingerprint density at radius 3 is 2.67 bits per heavy atom. The van der Waals surface area contributed by atoms with Crippen molar-refractivity contribution in [2.75, 3.05) is 13.7 Å². The van der Waals surface area contributed by atoms with Crippen LogP contribution in [0.25, 0.3) is 0 Å². The zero-order chi connectivity index (χ0) is 13.7. The van der Waals surface area contributed by atoms with E-state index in [0.29, 0.717) is 19.3 Å². The molecule has 7 heteroatoms. The number of rotatable bonds is 4. The Morgan fingerprint density at radius 1 is 1.50 bits per heavy atom. The topological polar surface area (TPSA) is 95.9 Å². The highest BCUT2D eigenvalue weighted by molar-refractivity contribution is 5.89. The minimum atomic E-state index is -1.06. The third kappa shape index (κ3) is 3.35. The number of nitrogens with zero attached hydrogens (tertiary/aromatic N) is 1. The second-order valence-electron chi connectivity index (χ2n) is 4.19. The number of alkyl carbamates (subject to hydrolysis) is 1. The molecule has 0 aliphatic carbocycles. The van der Waals surface area contributed by atoms with Crippen molar-refractivity contribution in [3.8, 4) is 0 Å². The molecule has 1 heterocycles. The van der Waals surface area contributed by atoms with E-state index >= 15 is 0 Å². The summed E-state index contributed by atoms with van der Waals surface area (Å²) >= 11 is 0. The number of hydrogen-bond donors (Lipinski definition) is 2. The number of carbonyl (C=O) groups excluding carboxylic acids is 2. The molecular formula is C11H18N2O5. The number of hydrogen-bond acceptors (Lipinski definition) is 4. The number of carbonyl (C=O) groups is 3. The summed E-state index contributed by atoms with van der Waals surface area (Å²) in [5.74, 6) is -1.42. The average molecular weight is 258 g/mol. The summed E-state index contributed by atoms with van der Waals surface area (Å²) in [5, 5.41) is 11.2. The van der Waals surface area contributed by atoms with E-state index in [1.54, 1.807) is 0 Å². The fourth-order valence-electron chi connectivity index (χ4n) is 2.13. The predicted octanol–water partition coefficient (Wildman–Crippen LogP) is 0.197. The lowest BCUT2D eigenvalue weighted by atomic mass is 9.96. The Morgan fingerprint density at radius 2 is 2.17 bits per heavy atom. The first-order valence-corrected chi connectivity index (χ1v) is 5.86. The van der Waals surface area contributed by atoms with Gasteiger partial charge in [0.2, 0.25) is 5.91 Å². The number of nitrogens with one attached hydrogen (secondary N) is 1. The molecule has 1 aliphatic rings. The van der Waals surface area contributed by atoms with Crippen LogP contribution in [-0.2, 0) is 14.3 Å². The average Bonchev–Trinajstić information content (AvgIpc) is 2.33. The normalized spacial score (nSPS) is 23.7. The minimum absolute atomic E-state index is 0.0794. The smallest absolute Gasteiger partial charge is 0.407 e. The molecule has 0 radical (unpaired) electrons. The SMILES string of the molecule is CC[C@@H]1CC[C@H](NC(=O)OC)C(=O)N1CC(=O)O. The van der Waals surface area contributed by atoms with Crippen molar-refractivity contribution in [1.82, 2.24) is 10.2 Å². The van der Waals surface area contributed by atoms with E-state index in [0.717, 1.165) is 0 Å². The third-order valence-electron chi connectivity index (χ3n) is 3.06. The van der Waals surface area contributed by atoms with E-state index in [-0.39, 0.29) is 18.5 Å². The van der Waals surface area contributed by atoms with Gasteiger partial charge < -0.3 is 20.1 Å². The van der Waals surface area contributed by atoms with Crippen molar-refractivity contribution < 1.29 is 24.2 Å². The van der Waals surface area contributed by atoms with Crippen LogP contribution in [0.4, 0.5) is 4.79 Å². The summed E-state index contributed by atoms with van der Waals surface area (Å²) in [7, 11) is 1.21. The zero-order valence-corrected chi connectivity index (χ0v) is 10.5. The van der Waals surface area contributed by atoms with Gasteiger partial charge in [-0.1, -0.05) is 6.92 Å². The summed E-state index contributed by atoms with van der Waals surface area (Å²) in [4.78, 5) is 35.2. The van der Waals surface area contributed by atoms with Crippen LogP contribution >= 0.6 is 0 Å². The molecular weight excluding hydrogens is 240 g/mol. The molecule has 102 valence electrons. The number of methoxy groups -OCH3 is 1. The highest BCUT2D eigenvalue weighted by Crippen LogP contribution is 2.21. The molecule has 0 aromatic carbocycles. The van der Waals surface area contributed by atoms with Crippen molar-refractivity contribution in [3.05, 3.63) is 0 Å². The van der Waals surface area contributed by atoms with E-state index in [2.05, 4.69) is 10.1 Å². The molecule has 0 spiro atoms. The maximum atomic E-state index is 12.1. The number of ether oxygens (including phenoxy) is 1. The molecule has 2 atom stereocenters. The van der Waals surface area contributed by atoms with Crippen LogP contribution in [0.3, 0.4) is 0 Å². The summed E-state index contributed by atoms with van der Waals surface area (Å²) in [6.07, 6.45) is 1.19. The first-order chi connectivity index (χ1) is 8.49. The molecule has 1 fully saturated rings. The molecule has 1 saturated heterocycles. The van der Waals surface area contributed by atoms with Gasteiger partial charge in [0.1, 0.15) is 12.6 Å². The fraction of sp³-hybridized carbons (Fsp3) is 0.727. The zero-order valence-electron chi connectivity index (χ0n) is 10.5. The molecule has 0 aromatic heterocycles. The second-order valence-corrected chi connectivity index (χ2v) is 4.19. The Balaban J connectivity index is 2.73. The summed E-state index contributed by atoms with van der Waals surface area (Å²) in [6, 6.07) is -0.774. The van der Waals surface area contributed by atoms with Crippen LogP contribution in [0, 0.1) is 0 Å². The van der Waals surface area contributed by atoms with Crippen LogP contribution in [0.1, 0.15) is 26.2 Å². The number of piperidine rings is 1. The van der Waals surface area contributed by atoms with Gasteiger partial charge in [-0.3, -0.25) is 9.59 Å². The Hall–Kier alpha value is -1.79. The number of aliphatic carboxylic acids is 1. The highest BCUT2D eigenvalue weighted by Gasteiger charge is 2.36. The van der Waals surface area contributed by atoms with Crippen LogP contribution in [0.2, 0.25) is 0 Å². The molecule has 18 heavy (non-hydrogen) atoms. The van der Waals surface area contributed by atoms with Crippen molar-refractivity contribution in [2.24, 2.45) is 0 Å². The maximum Gasteiger partial charge on any atom is 0.407 e. The van der Waals surface area contributed by atoms with Crippen LogP contribution in [0.15, 0.2) is 0 Å². The molecule has 2 N–H and O–H groups in total. The molecule has 7 nitrogen and oxygen atoms in total. The van der Waals surface area contributed by atoms with Gasteiger partial charge >= 0.3 is 12.1 Å². The molecule has 1 aliphatic heterocycles. The van der Waals surface area contributed by atoms with E-state index < -0.39 is 18.1 Å². The van der Waals surface area contributed by atoms with Crippen molar-refractivity contribution >= 4 is 18.0 Å². The lowest BCUT2D eigenvalue weighted by molar-refractivity contribution is -0.149. The summed E-state index contributed by atoms with van der Waals surface area (Å²) in [5.41, 5.74) is 0. The lowest BCUT2D eigenvalue weighted by Crippen LogP contribution is -2.57. The van der Waals surface area contributed by atoms with E-state index in [9.17, 15) is 14.4 Å². The maximum absolute atomic E-state index is 12.1. The van der Waals surface area contributed by atoms with E-state index in [1.807, 2.05) is 6.92 Å². The standard InChI is InChI=1S/C11H18N2O5/c1-3-7-4-5-8(12-11(17)18-2)10(16)13(7)6-9(14)15/h7-8H,3-6H2,1-2H3,(H,12,17)(H,14,15)/t7-,8+/m1/s1. The Kier molecular flexibility index (Phi) is 4.94. The second kappa shape index (κ2) is 6.23. The minimum Gasteiger partial charge on any atom is -0.480 e. The van der Waals surface area contributed by atoms with Crippen molar-refractivity contribution in [2.45, 2.75) is 38.3 Å². The molecule has 1 rings (SSSR count). The van der Waals surface area contributed by atoms with Crippen LogP contribution in [-0.4, -0.2) is 53.7 Å². The van der Waals surface area contributed by atoms with E-state index in [1.165, 1.54) is 12.0 Å². The predicted molar refractivity (Wildman–Crippen MR) is 62.0 cm³/mol. The first kappa shape index (κ1) is 14.3. The van der Waals surface area contributed by atoms with Gasteiger partial charge in [0.25, 0.3) is 0 Å². The van der Waals surface area contributed by atoms with Gasteiger partial charge in [0, 0.05) is 6.04 Å². The third-order valence-corrected chi connectivity index (χ3v) is 3.06. The first-order valence-electron chi connectivity index (χ1n) is 5.86. The van der Waals surface area contributed by atoms with Gasteiger partial charge in [0.15, 0.2) is 0 Å². The highest BCUT2D eigenvalue weighted by atomic mass is 16.5. The van der Waals surface area contributed by atoms with Crippen molar-refractivity contribution in [3.63, 3.8) is 0 Å². The Bertz CT molecular complexity index is 344. The monoisotopic (exact) mass is 258 g/mol. The molecule has 2 amide bonds. The Labute approximate surface area is 105 Å². The largest absolute Gasteiger partial charge is 0.480 e.